The number of fused-ring (bicyclic) bond motifs is 1. The Balaban J connectivity index is 1.38. The molecule has 29 heavy (non-hydrogen) atoms. The summed E-state index contributed by atoms with van der Waals surface area (Å²) >= 11 is 1.36. The molecule has 1 aliphatic rings. The van der Waals surface area contributed by atoms with Crippen molar-refractivity contribution in [1.29, 1.82) is 0 Å². The van der Waals surface area contributed by atoms with Crippen molar-refractivity contribution in [2.45, 2.75) is 13.3 Å². The van der Waals surface area contributed by atoms with E-state index in [-0.39, 0.29) is 18.1 Å². The zero-order chi connectivity index (χ0) is 20.2. The SMILES string of the molecule is CCc1ccc(-c2nc(C(=O)OCC(=O)c3ccc4c(c3)OCCO4)cs2)cc1. The summed E-state index contributed by atoms with van der Waals surface area (Å²) in [5, 5.41) is 2.37. The van der Waals surface area contributed by atoms with Gasteiger partial charge in [-0.2, -0.15) is 0 Å². The Morgan fingerprint density at radius 3 is 2.59 bits per heavy atom. The van der Waals surface area contributed by atoms with Crippen LogP contribution < -0.4 is 9.47 Å². The Kier molecular flexibility index (Phi) is 5.57. The number of nitrogens with zero attached hydrogens (tertiary/aromatic N) is 1. The average Bonchev–Trinajstić information content (AvgIpc) is 3.27. The topological polar surface area (TPSA) is 74.7 Å². The molecule has 2 aromatic carbocycles. The van der Waals surface area contributed by atoms with Gasteiger partial charge < -0.3 is 14.2 Å². The Hall–Kier alpha value is -3.19. The number of ether oxygens (including phenoxy) is 3. The number of carbonyl (C=O) groups is 2. The van der Waals surface area contributed by atoms with Crippen LogP contribution in [0.4, 0.5) is 0 Å². The average molecular weight is 409 g/mol. The highest BCUT2D eigenvalue weighted by Gasteiger charge is 2.18. The van der Waals surface area contributed by atoms with E-state index >= 15 is 0 Å². The van der Waals surface area contributed by atoms with E-state index in [0.29, 0.717) is 30.3 Å². The van der Waals surface area contributed by atoms with E-state index in [4.69, 9.17) is 14.2 Å². The smallest absolute Gasteiger partial charge is 0.358 e. The molecular weight excluding hydrogens is 390 g/mol. The zero-order valence-corrected chi connectivity index (χ0v) is 16.7. The van der Waals surface area contributed by atoms with Crippen molar-refractivity contribution in [1.82, 2.24) is 4.98 Å². The van der Waals surface area contributed by atoms with Gasteiger partial charge in [-0.25, -0.2) is 9.78 Å². The van der Waals surface area contributed by atoms with Gasteiger partial charge >= 0.3 is 5.97 Å². The van der Waals surface area contributed by atoms with E-state index in [1.807, 2.05) is 24.3 Å². The van der Waals surface area contributed by atoms with Crippen LogP contribution in [-0.4, -0.2) is 36.6 Å². The number of aryl methyl sites for hydroxylation is 1. The molecule has 0 unspecified atom stereocenters. The van der Waals surface area contributed by atoms with Gasteiger partial charge in [0.1, 0.15) is 18.2 Å². The van der Waals surface area contributed by atoms with Gasteiger partial charge in [-0.3, -0.25) is 4.79 Å². The number of aromatic nitrogens is 1. The van der Waals surface area contributed by atoms with Crippen molar-refractivity contribution >= 4 is 23.1 Å². The molecule has 0 bridgehead atoms. The summed E-state index contributed by atoms with van der Waals surface area (Å²) in [7, 11) is 0. The molecule has 3 aromatic rings. The molecule has 0 saturated carbocycles. The lowest BCUT2D eigenvalue weighted by molar-refractivity contribution is 0.0469. The van der Waals surface area contributed by atoms with E-state index in [1.54, 1.807) is 23.6 Å². The van der Waals surface area contributed by atoms with E-state index in [9.17, 15) is 9.59 Å². The number of thiazole rings is 1. The highest BCUT2D eigenvalue weighted by atomic mass is 32.1. The summed E-state index contributed by atoms with van der Waals surface area (Å²) in [6, 6.07) is 13.0. The van der Waals surface area contributed by atoms with Crippen LogP contribution in [0.3, 0.4) is 0 Å². The summed E-state index contributed by atoms with van der Waals surface area (Å²) < 4.78 is 16.1. The summed E-state index contributed by atoms with van der Waals surface area (Å²) in [5.74, 6) is 0.183. The van der Waals surface area contributed by atoms with E-state index in [2.05, 4.69) is 11.9 Å². The van der Waals surface area contributed by atoms with Gasteiger partial charge in [0.15, 0.2) is 29.6 Å². The standard InChI is InChI=1S/C22H19NO5S/c1-2-14-3-5-15(6-4-14)21-23-17(13-29-21)22(25)28-12-18(24)16-7-8-19-20(11-16)27-10-9-26-19/h3-8,11,13H,2,9-10,12H2,1H3. The molecule has 0 spiro atoms. The molecule has 148 valence electrons. The number of ketones is 1. The number of benzene rings is 2. The maximum atomic E-state index is 12.4. The van der Waals surface area contributed by atoms with Crippen LogP contribution in [-0.2, 0) is 11.2 Å². The van der Waals surface area contributed by atoms with Crippen molar-refractivity contribution in [3.63, 3.8) is 0 Å². The Morgan fingerprint density at radius 1 is 1.07 bits per heavy atom. The van der Waals surface area contributed by atoms with Crippen LogP contribution in [0.5, 0.6) is 11.5 Å². The third-order valence-electron chi connectivity index (χ3n) is 4.52. The first kappa shape index (κ1) is 19.1. The van der Waals surface area contributed by atoms with E-state index < -0.39 is 5.97 Å². The maximum Gasteiger partial charge on any atom is 0.358 e. The normalized spacial score (nSPS) is 12.4. The zero-order valence-electron chi connectivity index (χ0n) is 15.8. The monoisotopic (exact) mass is 409 g/mol. The van der Waals surface area contributed by atoms with E-state index in [1.165, 1.54) is 16.9 Å². The first-order valence-corrected chi connectivity index (χ1v) is 10.2. The molecular formula is C22H19NO5S. The third kappa shape index (κ3) is 4.30. The fourth-order valence-electron chi connectivity index (χ4n) is 2.89. The van der Waals surface area contributed by atoms with Gasteiger partial charge in [-0.1, -0.05) is 31.2 Å². The fourth-order valence-corrected chi connectivity index (χ4v) is 3.68. The van der Waals surface area contributed by atoms with Gasteiger partial charge in [0.2, 0.25) is 0 Å². The largest absolute Gasteiger partial charge is 0.486 e. The molecule has 0 aliphatic carbocycles. The Labute approximate surface area is 172 Å². The second kappa shape index (κ2) is 8.45. The number of hydrogen-bond donors (Lipinski definition) is 0. The Bertz CT molecular complexity index is 1040. The second-order valence-corrected chi connectivity index (χ2v) is 7.30. The minimum absolute atomic E-state index is 0.194. The highest BCUT2D eigenvalue weighted by Crippen LogP contribution is 2.31. The van der Waals surface area contributed by atoms with Gasteiger partial charge in [-0.05, 0) is 30.2 Å². The van der Waals surface area contributed by atoms with Crippen molar-refractivity contribution < 1.29 is 23.8 Å². The van der Waals surface area contributed by atoms with Crippen molar-refractivity contribution in [3.8, 4) is 22.1 Å². The lowest BCUT2D eigenvalue weighted by atomic mass is 10.1. The lowest BCUT2D eigenvalue weighted by Gasteiger charge is -2.18. The first-order chi connectivity index (χ1) is 14.1. The van der Waals surface area contributed by atoms with Gasteiger partial charge in [0, 0.05) is 16.5 Å². The minimum atomic E-state index is -0.622. The lowest BCUT2D eigenvalue weighted by Crippen LogP contribution is -2.17. The van der Waals surface area contributed by atoms with Crippen LogP contribution in [0.1, 0.15) is 33.3 Å². The van der Waals surface area contributed by atoms with Crippen LogP contribution >= 0.6 is 11.3 Å². The van der Waals surface area contributed by atoms with Crippen LogP contribution in [0.15, 0.2) is 47.8 Å². The van der Waals surface area contributed by atoms with Gasteiger partial charge in [0.25, 0.3) is 0 Å². The summed E-state index contributed by atoms with van der Waals surface area (Å²) in [6.45, 7) is 2.65. The molecule has 0 amide bonds. The van der Waals surface area contributed by atoms with Crippen LogP contribution in [0.2, 0.25) is 0 Å². The Morgan fingerprint density at radius 2 is 1.83 bits per heavy atom. The van der Waals surface area contributed by atoms with Gasteiger partial charge in [0.05, 0.1) is 0 Å². The molecule has 0 fully saturated rings. The van der Waals surface area contributed by atoms with Crippen LogP contribution in [0.25, 0.3) is 10.6 Å². The number of Topliss-reactive ketones (excluding diaryl/α,β-unsaturated/α-hetero) is 1. The second-order valence-electron chi connectivity index (χ2n) is 6.45. The predicted octanol–water partition coefficient (Wildman–Crippen LogP) is 4.18. The van der Waals surface area contributed by atoms with Crippen molar-refractivity contribution in [2.24, 2.45) is 0 Å². The molecule has 0 N–H and O–H groups in total. The van der Waals surface area contributed by atoms with E-state index in [0.717, 1.165) is 17.0 Å². The van der Waals surface area contributed by atoms with Gasteiger partial charge in [-0.15, -0.1) is 11.3 Å². The third-order valence-corrected chi connectivity index (χ3v) is 5.41. The highest BCUT2D eigenvalue weighted by molar-refractivity contribution is 7.13. The molecule has 2 heterocycles. The molecule has 6 nitrogen and oxygen atoms in total. The summed E-state index contributed by atoms with van der Waals surface area (Å²) in [4.78, 5) is 29.0. The molecule has 0 saturated heterocycles. The summed E-state index contributed by atoms with van der Waals surface area (Å²) in [6.07, 6.45) is 0.965. The minimum Gasteiger partial charge on any atom is -0.486 e. The molecule has 4 rings (SSSR count). The quantitative estimate of drug-likeness (QED) is 0.449. The molecule has 1 aliphatic heterocycles. The van der Waals surface area contributed by atoms with Crippen molar-refractivity contribution in [3.05, 3.63) is 64.7 Å². The molecule has 1 aromatic heterocycles. The maximum absolute atomic E-state index is 12.4. The number of carbonyl (C=O) groups excluding carboxylic acids is 2. The molecule has 7 heteroatoms. The number of hydrogen-bond acceptors (Lipinski definition) is 7. The fraction of sp³-hybridized carbons (Fsp3) is 0.227. The molecule has 0 atom stereocenters. The van der Waals surface area contributed by atoms with Crippen LogP contribution in [0, 0.1) is 0 Å². The predicted molar refractivity (Wildman–Crippen MR) is 109 cm³/mol. The van der Waals surface area contributed by atoms with Crippen molar-refractivity contribution in [2.75, 3.05) is 19.8 Å². The number of rotatable bonds is 6. The first-order valence-electron chi connectivity index (χ1n) is 9.29. The summed E-state index contributed by atoms with van der Waals surface area (Å²) in [5.41, 5.74) is 2.78. The molecule has 0 radical (unpaired) electrons. The number of esters is 1.